The summed E-state index contributed by atoms with van der Waals surface area (Å²) in [6.07, 6.45) is 0. The maximum absolute atomic E-state index is 6.00. The van der Waals surface area contributed by atoms with Crippen LogP contribution in [0.15, 0.2) is 34.7 Å². The highest BCUT2D eigenvalue weighted by atomic mass is 16.5. The Labute approximate surface area is 183 Å². The minimum atomic E-state index is 0.577. The smallest absolute Gasteiger partial charge is 0.230 e. The van der Waals surface area contributed by atoms with Crippen LogP contribution in [0.3, 0.4) is 0 Å². The molecule has 1 fully saturated rings. The maximum atomic E-state index is 6.00. The molecule has 0 bridgehead atoms. The van der Waals surface area contributed by atoms with Gasteiger partial charge in [-0.05, 0) is 45.0 Å². The van der Waals surface area contributed by atoms with Crippen molar-refractivity contribution in [1.29, 1.82) is 0 Å². The topological polar surface area (TPSA) is 63.9 Å². The zero-order valence-corrected chi connectivity index (χ0v) is 18.9. The van der Waals surface area contributed by atoms with Crippen LogP contribution in [-0.4, -0.2) is 55.3 Å². The molecular weight excluding hydrogens is 392 g/mol. The van der Waals surface area contributed by atoms with Gasteiger partial charge in [0.15, 0.2) is 0 Å². The lowest BCUT2D eigenvalue weighted by molar-refractivity contribution is 0.246. The van der Waals surface area contributed by atoms with Crippen LogP contribution in [0, 0.1) is 20.8 Å². The van der Waals surface area contributed by atoms with E-state index in [2.05, 4.69) is 40.8 Å². The summed E-state index contributed by atoms with van der Waals surface area (Å²) in [7, 11) is 3.28. The molecule has 0 unspecified atom stereocenters. The standard InChI is InChI=1S/C24H30N4O3/c1-16-12-19(13-17(2)25-16)28-10-8-27(9-11-28)15-22-18(3)31-24(26-22)21-7-6-20(29-4)14-23(21)30-5/h6-7,12-14H,8-11,15H2,1-5H3. The van der Waals surface area contributed by atoms with Gasteiger partial charge in [-0.25, -0.2) is 4.98 Å². The van der Waals surface area contributed by atoms with Crippen molar-refractivity contribution in [2.45, 2.75) is 27.3 Å². The van der Waals surface area contributed by atoms with E-state index >= 15 is 0 Å². The molecule has 0 radical (unpaired) electrons. The molecule has 3 aromatic rings. The van der Waals surface area contributed by atoms with Gasteiger partial charge in [-0.15, -0.1) is 0 Å². The molecule has 1 aliphatic heterocycles. The fraction of sp³-hybridized carbons (Fsp3) is 0.417. The van der Waals surface area contributed by atoms with E-state index < -0.39 is 0 Å². The van der Waals surface area contributed by atoms with E-state index in [0.29, 0.717) is 11.6 Å². The highest BCUT2D eigenvalue weighted by Crippen LogP contribution is 2.34. The van der Waals surface area contributed by atoms with Crippen molar-refractivity contribution >= 4 is 5.69 Å². The number of benzene rings is 1. The highest BCUT2D eigenvalue weighted by Gasteiger charge is 2.22. The van der Waals surface area contributed by atoms with E-state index in [-0.39, 0.29) is 0 Å². The lowest BCUT2D eigenvalue weighted by Gasteiger charge is -2.36. The molecule has 1 saturated heterocycles. The van der Waals surface area contributed by atoms with Crippen LogP contribution in [0.4, 0.5) is 5.69 Å². The lowest BCUT2D eigenvalue weighted by Crippen LogP contribution is -2.46. The van der Waals surface area contributed by atoms with Gasteiger partial charge < -0.3 is 18.8 Å². The highest BCUT2D eigenvalue weighted by molar-refractivity contribution is 5.65. The molecule has 31 heavy (non-hydrogen) atoms. The van der Waals surface area contributed by atoms with Crippen molar-refractivity contribution < 1.29 is 13.9 Å². The predicted molar refractivity (Wildman–Crippen MR) is 121 cm³/mol. The van der Waals surface area contributed by atoms with Crippen molar-refractivity contribution in [3.05, 3.63) is 53.2 Å². The molecule has 3 heterocycles. The minimum Gasteiger partial charge on any atom is -0.497 e. The SMILES string of the molecule is COc1ccc(-c2nc(CN3CCN(c4cc(C)nc(C)c4)CC3)c(C)o2)c(OC)c1. The molecule has 0 saturated carbocycles. The van der Waals surface area contributed by atoms with Crippen LogP contribution in [0.5, 0.6) is 11.5 Å². The van der Waals surface area contributed by atoms with E-state index in [1.54, 1.807) is 14.2 Å². The Balaban J connectivity index is 1.44. The Kier molecular flexibility index (Phi) is 6.13. The second-order valence-electron chi connectivity index (χ2n) is 7.96. The van der Waals surface area contributed by atoms with Crippen molar-refractivity contribution in [3.63, 3.8) is 0 Å². The summed E-state index contributed by atoms with van der Waals surface area (Å²) in [5.41, 5.74) is 5.19. The van der Waals surface area contributed by atoms with Gasteiger partial charge in [-0.3, -0.25) is 9.88 Å². The molecule has 1 aromatic carbocycles. The van der Waals surface area contributed by atoms with Gasteiger partial charge in [-0.2, -0.15) is 0 Å². The largest absolute Gasteiger partial charge is 0.497 e. The average molecular weight is 423 g/mol. The van der Waals surface area contributed by atoms with Crippen molar-refractivity contribution in [1.82, 2.24) is 14.9 Å². The first-order chi connectivity index (χ1) is 15.0. The third-order valence-corrected chi connectivity index (χ3v) is 5.71. The molecule has 2 aromatic heterocycles. The summed E-state index contributed by atoms with van der Waals surface area (Å²) in [4.78, 5) is 14.1. The molecule has 7 nitrogen and oxygen atoms in total. The first-order valence-electron chi connectivity index (χ1n) is 10.6. The number of oxazole rings is 1. The summed E-state index contributed by atoms with van der Waals surface area (Å²) in [5.74, 6) is 2.84. The third kappa shape index (κ3) is 4.66. The van der Waals surface area contributed by atoms with Crippen LogP contribution in [-0.2, 0) is 6.54 Å². The number of ether oxygens (including phenoxy) is 2. The summed E-state index contributed by atoms with van der Waals surface area (Å²) < 4.78 is 16.8. The first-order valence-corrected chi connectivity index (χ1v) is 10.6. The van der Waals surface area contributed by atoms with Gasteiger partial charge in [0.1, 0.15) is 17.3 Å². The van der Waals surface area contributed by atoms with Gasteiger partial charge >= 0.3 is 0 Å². The summed E-state index contributed by atoms with van der Waals surface area (Å²) in [6, 6.07) is 9.98. The molecule has 0 aliphatic carbocycles. The van der Waals surface area contributed by atoms with Crippen molar-refractivity contribution in [2.75, 3.05) is 45.3 Å². The van der Waals surface area contributed by atoms with Crippen molar-refractivity contribution in [3.8, 4) is 23.0 Å². The number of methoxy groups -OCH3 is 2. The van der Waals surface area contributed by atoms with Gasteiger partial charge in [0, 0.05) is 55.9 Å². The van der Waals surface area contributed by atoms with Crippen LogP contribution in [0.1, 0.15) is 22.8 Å². The number of aryl methyl sites for hydroxylation is 3. The van der Waals surface area contributed by atoms with Crippen LogP contribution >= 0.6 is 0 Å². The quantitative estimate of drug-likeness (QED) is 0.595. The number of nitrogens with zero attached hydrogens (tertiary/aromatic N) is 4. The Morgan fingerprint density at radius 1 is 0.903 bits per heavy atom. The zero-order chi connectivity index (χ0) is 22.0. The van der Waals surface area contributed by atoms with E-state index in [0.717, 1.165) is 66.9 Å². The third-order valence-electron chi connectivity index (χ3n) is 5.71. The average Bonchev–Trinajstić information content (AvgIpc) is 3.13. The summed E-state index contributed by atoms with van der Waals surface area (Å²) >= 11 is 0. The van der Waals surface area contributed by atoms with Crippen LogP contribution in [0.2, 0.25) is 0 Å². The Morgan fingerprint density at radius 2 is 1.61 bits per heavy atom. The normalized spacial score (nSPS) is 14.7. The van der Waals surface area contributed by atoms with Gasteiger partial charge in [0.2, 0.25) is 5.89 Å². The first kappa shape index (κ1) is 21.2. The number of piperazine rings is 1. The maximum Gasteiger partial charge on any atom is 0.230 e. The summed E-state index contributed by atoms with van der Waals surface area (Å²) in [6.45, 7) is 10.8. The molecule has 4 rings (SSSR count). The summed E-state index contributed by atoms with van der Waals surface area (Å²) in [5, 5.41) is 0. The molecule has 7 heteroatoms. The number of hydrogen-bond donors (Lipinski definition) is 0. The Morgan fingerprint density at radius 3 is 2.26 bits per heavy atom. The second kappa shape index (κ2) is 8.98. The van der Waals surface area contributed by atoms with Crippen LogP contribution in [0.25, 0.3) is 11.5 Å². The molecule has 1 aliphatic rings. The minimum absolute atomic E-state index is 0.577. The van der Waals surface area contributed by atoms with E-state index in [1.165, 1.54) is 5.69 Å². The van der Waals surface area contributed by atoms with Gasteiger partial charge in [-0.1, -0.05) is 0 Å². The Hall–Kier alpha value is -3.06. The molecule has 0 atom stereocenters. The lowest BCUT2D eigenvalue weighted by atomic mass is 10.2. The molecule has 0 spiro atoms. The van der Waals surface area contributed by atoms with Gasteiger partial charge in [0.25, 0.3) is 0 Å². The molecule has 0 amide bonds. The van der Waals surface area contributed by atoms with E-state index in [1.807, 2.05) is 25.1 Å². The number of rotatable bonds is 6. The second-order valence-corrected chi connectivity index (χ2v) is 7.96. The fourth-order valence-electron chi connectivity index (χ4n) is 4.04. The zero-order valence-electron chi connectivity index (χ0n) is 18.9. The molecular formula is C24H30N4O3. The predicted octanol–water partition coefficient (Wildman–Crippen LogP) is 4.00. The van der Waals surface area contributed by atoms with Crippen LogP contribution < -0.4 is 14.4 Å². The van der Waals surface area contributed by atoms with E-state index in [9.17, 15) is 0 Å². The van der Waals surface area contributed by atoms with Gasteiger partial charge in [0.05, 0.1) is 25.5 Å². The number of aromatic nitrogens is 2. The van der Waals surface area contributed by atoms with Crippen molar-refractivity contribution in [2.24, 2.45) is 0 Å². The molecule has 0 N–H and O–H groups in total. The monoisotopic (exact) mass is 422 g/mol. The number of anilines is 1. The Bertz CT molecular complexity index is 1030. The number of hydrogen-bond acceptors (Lipinski definition) is 7. The van der Waals surface area contributed by atoms with E-state index in [4.69, 9.17) is 18.9 Å². The number of pyridine rings is 1. The molecule has 164 valence electrons. The fourth-order valence-corrected chi connectivity index (χ4v) is 4.04.